The highest BCUT2D eigenvalue weighted by molar-refractivity contribution is 5.99. The number of azide groups is 1. The summed E-state index contributed by atoms with van der Waals surface area (Å²) in [5.74, 6) is -0.859. The second-order valence-corrected chi connectivity index (χ2v) is 4.36. The van der Waals surface area contributed by atoms with Crippen LogP contribution in [-0.2, 0) is 6.18 Å². The van der Waals surface area contributed by atoms with Crippen molar-refractivity contribution in [1.82, 2.24) is 5.43 Å². The molecule has 0 saturated heterocycles. The van der Waals surface area contributed by atoms with Gasteiger partial charge in [-0.15, -0.1) is 0 Å². The fourth-order valence-corrected chi connectivity index (χ4v) is 1.75. The maximum atomic E-state index is 12.7. The van der Waals surface area contributed by atoms with Gasteiger partial charge in [0.05, 0.1) is 22.5 Å². The monoisotopic (exact) mass is 321 g/mol. The minimum absolute atomic E-state index is 0.201. The number of hydrogen-bond donors (Lipinski definition) is 2. The maximum absolute atomic E-state index is 12.7. The number of halogens is 3. The number of hydrogen-bond acceptors (Lipinski definition) is 3. The summed E-state index contributed by atoms with van der Waals surface area (Å²) in [4.78, 5) is 14.6. The zero-order chi connectivity index (χ0) is 16.9. The van der Waals surface area contributed by atoms with Gasteiger partial charge in [-0.05, 0) is 29.8 Å². The third-order valence-electron chi connectivity index (χ3n) is 2.82. The van der Waals surface area contributed by atoms with Crippen molar-refractivity contribution in [2.45, 2.75) is 6.18 Å². The predicted octanol–water partition coefficient (Wildman–Crippen LogP) is 4.40. The van der Waals surface area contributed by atoms with Gasteiger partial charge >= 0.3 is 6.18 Å². The second kappa shape index (κ2) is 6.71. The van der Waals surface area contributed by atoms with Crippen molar-refractivity contribution in [3.63, 3.8) is 0 Å². The van der Waals surface area contributed by atoms with Crippen LogP contribution in [0, 0.1) is 0 Å². The number of benzene rings is 2. The lowest BCUT2D eigenvalue weighted by molar-refractivity contribution is -0.137. The molecule has 118 valence electrons. The van der Waals surface area contributed by atoms with E-state index in [4.69, 9.17) is 5.53 Å². The van der Waals surface area contributed by atoms with Gasteiger partial charge in [0.1, 0.15) is 0 Å². The number of hydrazine groups is 1. The van der Waals surface area contributed by atoms with Crippen LogP contribution in [0.2, 0.25) is 0 Å². The van der Waals surface area contributed by atoms with E-state index in [1.165, 1.54) is 0 Å². The molecule has 0 aliphatic heterocycles. The molecular weight excluding hydrogens is 311 g/mol. The molecule has 0 spiro atoms. The molecule has 1 amide bonds. The number of para-hydroxylation sites is 1. The molecule has 2 aromatic carbocycles. The Morgan fingerprint density at radius 1 is 1.13 bits per heavy atom. The van der Waals surface area contributed by atoms with Crippen LogP contribution in [0.15, 0.2) is 53.6 Å². The first-order valence-electron chi connectivity index (χ1n) is 6.29. The highest BCUT2D eigenvalue weighted by atomic mass is 19.4. The van der Waals surface area contributed by atoms with Gasteiger partial charge in [0.2, 0.25) is 0 Å². The van der Waals surface area contributed by atoms with Crippen LogP contribution < -0.4 is 10.9 Å². The molecule has 2 rings (SSSR count). The Balaban J connectivity index is 2.28. The summed E-state index contributed by atoms with van der Waals surface area (Å²) in [6.45, 7) is 0. The van der Waals surface area contributed by atoms with E-state index < -0.39 is 17.6 Å². The number of nitrogens with zero attached hydrogens (tertiary/aromatic N) is 3. The van der Waals surface area contributed by atoms with Crippen LogP contribution in [-0.4, -0.2) is 5.91 Å². The standard InChI is InChI=1S/C14H10F3N5O/c15-14(16,17)9-6-7-12(20-22-18)11(8-9)13(23)21-19-10-4-2-1-3-5-10/h1-8,19H,(H,21,23). The minimum Gasteiger partial charge on any atom is -0.298 e. The van der Waals surface area contributed by atoms with E-state index in [2.05, 4.69) is 20.9 Å². The van der Waals surface area contributed by atoms with Gasteiger partial charge in [-0.3, -0.25) is 15.6 Å². The fourth-order valence-electron chi connectivity index (χ4n) is 1.75. The molecule has 0 heterocycles. The summed E-state index contributed by atoms with van der Waals surface area (Å²) >= 11 is 0. The normalized spacial score (nSPS) is 10.6. The molecule has 9 heteroatoms. The molecule has 0 aromatic heterocycles. The van der Waals surface area contributed by atoms with Crippen LogP contribution in [0.25, 0.3) is 10.4 Å². The molecule has 0 aliphatic carbocycles. The second-order valence-electron chi connectivity index (χ2n) is 4.36. The Morgan fingerprint density at radius 2 is 1.83 bits per heavy atom. The Hall–Kier alpha value is -3.19. The molecule has 2 aromatic rings. The average Bonchev–Trinajstić information content (AvgIpc) is 2.53. The van der Waals surface area contributed by atoms with Gasteiger partial charge < -0.3 is 0 Å². The fraction of sp³-hybridized carbons (Fsp3) is 0.0714. The summed E-state index contributed by atoms with van der Waals surface area (Å²) < 4.78 is 38.2. The zero-order valence-electron chi connectivity index (χ0n) is 11.5. The average molecular weight is 321 g/mol. The highest BCUT2D eigenvalue weighted by Crippen LogP contribution is 2.32. The van der Waals surface area contributed by atoms with Crippen LogP contribution in [0.5, 0.6) is 0 Å². The Bertz CT molecular complexity index is 755. The van der Waals surface area contributed by atoms with Crippen molar-refractivity contribution in [2.24, 2.45) is 5.11 Å². The molecule has 0 saturated carbocycles. The van der Waals surface area contributed by atoms with Gasteiger partial charge in [0.25, 0.3) is 5.91 Å². The lowest BCUT2D eigenvalue weighted by Gasteiger charge is -2.12. The first-order valence-corrected chi connectivity index (χ1v) is 6.29. The lowest BCUT2D eigenvalue weighted by Crippen LogP contribution is -2.29. The van der Waals surface area contributed by atoms with Crippen molar-refractivity contribution in [1.29, 1.82) is 0 Å². The Labute approximate surface area is 128 Å². The number of nitrogens with one attached hydrogen (secondary N) is 2. The van der Waals surface area contributed by atoms with E-state index in [0.717, 1.165) is 12.1 Å². The van der Waals surface area contributed by atoms with Crippen LogP contribution in [0.1, 0.15) is 15.9 Å². The first-order chi connectivity index (χ1) is 10.9. The molecule has 0 fully saturated rings. The highest BCUT2D eigenvalue weighted by Gasteiger charge is 2.31. The van der Waals surface area contributed by atoms with Gasteiger partial charge in [0.15, 0.2) is 0 Å². The van der Waals surface area contributed by atoms with Gasteiger partial charge in [-0.1, -0.05) is 29.4 Å². The maximum Gasteiger partial charge on any atom is 0.416 e. The lowest BCUT2D eigenvalue weighted by atomic mass is 10.1. The third kappa shape index (κ3) is 4.14. The largest absolute Gasteiger partial charge is 0.416 e. The predicted molar refractivity (Wildman–Crippen MR) is 77.8 cm³/mol. The molecule has 0 atom stereocenters. The molecule has 0 unspecified atom stereocenters. The SMILES string of the molecule is [N-]=[N+]=Nc1ccc(C(F)(F)F)cc1C(=O)NNc1ccccc1. The van der Waals surface area contributed by atoms with Crippen LogP contribution >= 0.6 is 0 Å². The van der Waals surface area contributed by atoms with E-state index >= 15 is 0 Å². The van der Waals surface area contributed by atoms with Crippen LogP contribution in [0.4, 0.5) is 24.5 Å². The molecule has 0 radical (unpaired) electrons. The van der Waals surface area contributed by atoms with Crippen molar-refractivity contribution in [3.8, 4) is 0 Å². The summed E-state index contributed by atoms with van der Waals surface area (Å²) in [6.07, 6.45) is -4.61. The van der Waals surface area contributed by atoms with Gasteiger partial charge in [0, 0.05) is 4.91 Å². The van der Waals surface area contributed by atoms with E-state index in [1.54, 1.807) is 30.3 Å². The smallest absolute Gasteiger partial charge is 0.298 e. The van der Waals surface area contributed by atoms with Crippen LogP contribution in [0.3, 0.4) is 0 Å². The number of rotatable bonds is 4. The van der Waals surface area contributed by atoms with Crippen molar-refractivity contribution >= 4 is 17.3 Å². The Morgan fingerprint density at radius 3 is 2.43 bits per heavy atom. The third-order valence-corrected chi connectivity index (χ3v) is 2.82. The molecular formula is C14H10F3N5O. The quantitative estimate of drug-likeness (QED) is 0.378. The van der Waals surface area contributed by atoms with E-state index in [0.29, 0.717) is 11.8 Å². The van der Waals surface area contributed by atoms with Crippen molar-refractivity contribution < 1.29 is 18.0 Å². The minimum atomic E-state index is -4.61. The molecule has 23 heavy (non-hydrogen) atoms. The first kappa shape index (κ1) is 16.2. The summed E-state index contributed by atoms with van der Waals surface area (Å²) in [6, 6.07) is 10.8. The topological polar surface area (TPSA) is 89.9 Å². The summed E-state index contributed by atoms with van der Waals surface area (Å²) in [7, 11) is 0. The Kier molecular flexibility index (Phi) is 4.72. The number of carbonyl (C=O) groups excluding carboxylic acids is 1. The van der Waals surface area contributed by atoms with E-state index in [1.807, 2.05) is 0 Å². The number of carbonyl (C=O) groups is 1. The number of anilines is 1. The van der Waals surface area contributed by atoms with Gasteiger partial charge in [-0.2, -0.15) is 13.2 Å². The van der Waals surface area contributed by atoms with E-state index in [9.17, 15) is 18.0 Å². The van der Waals surface area contributed by atoms with Crippen molar-refractivity contribution in [2.75, 3.05) is 5.43 Å². The number of amides is 1. The van der Waals surface area contributed by atoms with E-state index in [-0.39, 0.29) is 11.3 Å². The van der Waals surface area contributed by atoms with Gasteiger partial charge in [-0.25, -0.2) is 0 Å². The number of alkyl halides is 3. The molecule has 0 bridgehead atoms. The molecule has 6 nitrogen and oxygen atoms in total. The van der Waals surface area contributed by atoms with Crippen molar-refractivity contribution in [3.05, 3.63) is 70.1 Å². The summed E-state index contributed by atoms with van der Waals surface area (Å²) in [5.41, 5.74) is 12.2. The molecule has 2 N–H and O–H groups in total. The summed E-state index contributed by atoms with van der Waals surface area (Å²) in [5, 5.41) is 3.23. The molecule has 0 aliphatic rings. The zero-order valence-corrected chi connectivity index (χ0v) is 11.5.